The summed E-state index contributed by atoms with van der Waals surface area (Å²) in [6, 6.07) is -0.548. The van der Waals surface area contributed by atoms with E-state index in [4.69, 9.17) is 21.7 Å². The second-order valence-electron chi connectivity index (χ2n) is 6.60. The molecule has 1 atom stereocenters. The summed E-state index contributed by atoms with van der Waals surface area (Å²) in [5.74, 6) is -4.25. The molecule has 0 spiro atoms. The van der Waals surface area contributed by atoms with Gasteiger partial charge in [0.15, 0.2) is 0 Å². The van der Waals surface area contributed by atoms with Crippen molar-refractivity contribution in [3.8, 4) is 0 Å². The fourth-order valence-electron chi connectivity index (χ4n) is 2.76. The lowest BCUT2D eigenvalue weighted by atomic mass is 10.1. The highest BCUT2D eigenvalue weighted by atomic mass is 16.4. The van der Waals surface area contributed by atoms with Crippen LogP contribution in [0.5, 0.6) is 0 Å². The number of carbonyl (C=O) groups excluding carboxylic acids is 3. The highest BCUT2D eigenvalue weighted by molar-refractivity contribution is 5.89. The van der Waals surface area contributed by atoms with Crippen LogP contribution >= 0.6 is 0 Å². The molecule has 1 aliphatic rings. The minimum absolute atomic E-state index is 0.0322. The van der Waals surface area contributed by atoms with E-state index in [1.165, 1.54) is 28.3 Å². The minimum Gasteiger partial charge on any atom is -0.480 e. The van der Waals surface area contributed by atoms with Gasteiger partial charge in [-0.2, -0.15) is 0 Å². The Kier molecular flexibility index (Phi) is 8.96. The monoisotopic (exact) mass is 411 g/mol. The van der Waals surface area contributed by atoms with E-state index in [1.807, 2.05) is 0 Å². The van der Waals surface area contributed by atoms with E-state index in [-0.39, 0.29) is 38.2 Å². The number of amides is 3. The lowest BCUT2D eigenvalue weighted by Gasteiger charge is -2.31. The van der Waals surface area contributed by atoms with Crippen LogP contribution < -0.4 is 11.5 Å². The molecular weight excluding hydrogens is 386 g/mol. The zero-order valence-corrected chi connectivity index (χ0v) is 16.0. The van der Waals surface area contributed by atoms with Gasteiger partial charge < -0.3 is 21.7 Å². The Morgan fingerprint density at radius 2 is 1.69 bits per heavy atom. The third kappa shape index (κ3) is 8.53. The van der Waals surface area contributed by atoms with Gasteiger partial charge in [-0.15, -0.1) is 0 Å². The summed E-state index contributed by atoms with van der Waals surface area (Å²) >= 11 is 0. The molecule has 0 radical (unpaired) electrons. The lowest BCUT2D eigenvalue weighted by Crippen LogP contribution is -2.50. The van der Waals surface area contributed by atoms with Crippen LogP contribution in [0.25, 0.3) is 0 Å². The summed E-state index contributed by atoms with van der Waals surface area (Å²) in [5.41, 5.74) is 10.4. The summed E-state index contributed by atoms with van der Waals surface area (Å²) in [6.07, 6.45) is 4.31. The second kappa shape index (κ2) is 10.9. The van der Waals surface area contributed by atoms with Crippen molar-refractivity contribution in [3.05, 3.63) is 24.0 Å². The van der Waals surface area contributed by atoms with Crippen LogP contribution in [-0.4, -0.2) is 93.3 Å². The Hall–Kier alpha value is -3.25. The van der Waals surface area contributed by atoms with Crippen molar-refractivity contribution in [1.82, 2.24) is 14.7 Å². The predicted molar refractivity (Wildman–Crippen MR) is 99.8 cm³/mol. The fraction of sp³-hybridized carbons (Fsp3) is 0.471. The van der Waals surface area contributed by atoms with Crippen molar-refractivity contribution in [1.29, 1.82) is 0 Å². The van der Waals surface area contributed by atoms with Crippen LogP contribution in [0, 0.1) is 0 Å². The van der Waals surface area contributed by atoms with Crippen LogP contribution in [0.4, 0.5) is 0 Å². The Morgan fingerprint density at radius 1 is 1.07 bits per heavy atom. The molecule has 0 aliphatic carbocycles. The summed E-state index contributed by atoms with van der Waals surface area (Å²) in [6.45, 7) is 0.322. The number of nitrogens with two attached hydrogens (primary N) is 2. The molecule has 1 rings (SSSR count). The van der Waals surface area contributed by atoms with Crippen LogP contribution in [0.3, 0.4) is 0 Å². The van der Waals surface area contributed by atoms with Crippen molar-refractivity contribution in [2.75, 3.05) is 32.7 Å². The first-order valence-corrected chi connectivity index (χ1v) is 8.66. The minimum atomic E-state index is -1.17. The highest BCUT2D eigenvalue weighted by Gasteiger charge is 2.25. The van der Waals surface area contributed by atoms with Gasteiger partial charge >= 0.3 is 11.9 Å². The Morgan fingerprint density at radius 3 is 2.21 bits per heavy atom. The number of carboxylic acid groups (broad SMARTS) is 2. The van der Waals surface area contributed by atoms with Crippen molar-refractivity contribution in [2.45, 2.75) is 19.4 Å². The lowest BCUT2D eigenvalue weighted by molar-refractivity contribution is -0.140. The normalized spacial score (nSPS) is 14.6. The molecule has 12 nitrogen and oxygen atoms in total. The number of hydrogen-bond donors (Lipinski definition) is 4. The van der Waals surface area contributed by atoms with Crippen LogP contribution in [-0.2, 0) is 24.0 Å². The predicted octanol–water partition coefficient (Wildman–Crippen LogP) is -2.25. The molecule has 0 saturated heterocycles. The summed E-state index contributed by atoms with van der Waals surface area (Å²) in [4.78, 5) is 61.0. The van der Waals surface area contributed by atoms with E-state index in [0.29, 0.717) is 0 Å². The van der Waals surface area contributed by atoms with E-state index in [2.05, 4.69) is 0 Å². The number of nitrogens with zero attached hydrogens (tertiary/aromatic N) is 3. The molecule has 29 heavy (non-hydrogen) atoms. The molecule has 0 saturated carbocycles. The maximum atomic E-state index is 12.5. The number of aliphatic carboxylic acids is 2. The number of allylic oxidation sites excluding steroid dienone is 1. The average molecular weight is 411 g/mol. The molecule has 0 aromatic rings. The SMILES string of the molecule is C[C@@H](CN(CC(N)=O)CC(=O)N1C=CCC(C(=O)O)=C1)N(CC(N)=O)CC(=O)O. The Labute approximate surface area is 167 Å². The first-order chi connectivity index (χ1) is 13.5. The number of rotatable bonds is 12. The molecule has 3 amide bonds. The zero-order valence-electron chi connectivity index (χ0n) is 16.0. The molecule has 0 bridgehead atoms. The number of carbonyl (C=O) groups is 5. The van der Waals surface area contributed by atoms with Crippen molar-refractivity contribution < 1.29 is 34.2 Å². The quantitative estimate of drug-likeness (QED) is 0.275. The third-order valence-corrected chi connectivity index (χ3v) is 4.04. The van der Waals surface area contributed by atoms with Gasteiger partial charge in [0, 0.05) is 31.4 Å². The first-order valence-electron chi connectivity index (χ1n) is 8.66. The van der Waals surface area contributed by atoms with Crippen molar-refractivity contribution >= 4 is 29.7 Å². The summed E-state index contributed by atoms with van der Waals surface area (Å²) in [7, 11) is 0. The van der Waals surface area contributed by atoms with Gasteiger partial charge in [0.05, 0.1) is 31.8 Å². The summed E-state index contributed by atoms with van der Waals surface area (Å²) < 4.78 is 0. The van der Waals surface area contributed by atoms with Gasteiger partial charge in [0.2, 0.25) is 17.7 Å². The van der Waals surface area contributed by atoms with Crippen molar-refractivity contribution in [3.63, 3.8) is 0 Å². The van der Waals surface area contributed by atoms with Crippen LogP contribution in [0.1, 0.15) is 13.3 Å². The van der Waals surface area contributed by atoms with Gasteiger partial charge in [-0.05, 0) is 6.92 Å². The van der Waals surface area contributed by atoms with E-state index >= 15 is 0 Å². The van der Waals surface area contributed by atoms with Gasteiger partial charge in [-0.25, -0.2) is 4.79 Å². The molecule has 0 unspecified atom stereocenters. The largest absolute Gasteiger partial charge is 0.480 e. The molecule has 0 aromatic carbocycles. The van der Waals surface area contributed by atoms with E-state index in [1.54, 1.807) is 6.92 Å². The second-order valence-corrected chi connectivity index (χ2v) is 6.60. The van der Waals surface area contributed by atoms with Gasteiger partial charge in [-0.1, -0.05) is 6.08 Å². The zero-order chi connectivity index (χ0) is 22.1. The third-order valence-electron chi connectivity index (χ3n) is 4.04. The molecule has 0 fully saturated rings. The smallest absolute Gasteiger partial charge is 0.333 e. The Bertz CT molecular complexity index is 718. The van der Waals surface area contributed by atoms with Crippen LogP contribution in [0.15, 0.2) is 24.0 Å². The topological polar surface area (TPSA) is 188 Å². The molecular formula is C17H25N5O7. The molecule has 1 aliphatic heterocycles. The van der Waals surface area contributed by atoms with Gasteiger partial charge in [-0.3, -0.25) is 33.9 Å². The molecule has 12 heteroatoms. The molecule has 0 aromatic heterocycles. The first kappa shape index (κ1) is 23.8. The van der Waals surface area contributed by atoms with E-state index < -0.39 is 42.2 Å². The molecule has 160 valence electrons. The maximum Gasteiger partial charge on any atom is 0.333 e. The van der Waals surface area contributed by atoms with E-state index in [9.17, 15) is 24.0 Å². The average Bonchev–Trinajstić information content (AvgIpc) is 2.59. The van der Waals surface area contributed by atoms with Gasteiger partial charge in [0.25, 0.3) is 0 Å². The number of hydrogen-bond acceptors (Lipinski definition) is 7. The fourth-order valence-corrected chi connectivity index (χ4v) is 2.76. The standard InChI is InChI=1S/C17H25N5O7/c1-11(22(8-14(19)24)10-16(26)27)5-20(7-13(18)23)9-15(25)21-4-2-3-12(6-21)17(28)29/h2,4,6,11H,3,5,7-10H2,1H3,(H2,18,23)(H2,19,24)(H,26,27)(H,28,29)/t11-/m0/s1. The van der Waals surface area contributed by atoms with Crippen LogP contribution in [0.2, 0.25) is 0 Å². The molecule has 6 N–H and O–H groups in total. The van der Waals surface area contributed by atoms with Crippen molar-refractivity contribution in [2.24, 2.45) is 11.5 Å². The highest BCUT2D eigenvalue weighted by Crippen LogP contribution is 2.13. The van der Waals surface area contributed by atoms with Gasteiger partial charge in [0.1, 0.15) is 0 Å². The Balaban J connectivity index is 2.88. The summed E-state index contributed by atoms with van der Waals surface area (Å²) in [5, 5.41) is 18.1. The maximum absolute atomic E-state index is 12.5. The number of carboxylic acids is 2. The molecule has 1 heterocycles. The van der Waals surface area contributed by atoms with E-state index in [0.717, 1.165) is 4.90 Å². The number of primary amides is 2.